The molecule has 1 amide bonds. The van der Waals surface area contributed by atoms with Crippen LogP contribution in [0.4, 0.5) is 4.39 Å². The second-order valence-electron chi connectivity index (χ2n) is 4.11. The van der Waals surface area contributed by atoms with Crippen LogP contribution in [0.25, 0.3) is 0 Å². The highest BCUT2D eigenvalue weighted by Gasteiger charge is 2.24. The number of carbonyl (C=O) groups excluding carboxylic acids is 1. The molecule has 0 saturated carbocycles. The van der Waals surface area contributed by atoms with Gasteiger partial charge in [0.1, 0.15) is 5.82 Å². The van der Waals surface area contributed by atoms with Crippen molar-refractivity contribution in [2.45, 2.75) is 32.9 Å². The third-order valence-corrected chi connectivity index (χ3v) is 2.96. The lowest BCUT2D eigenvalue weighted by molar-refractivity contribution is -0.131. The molecule has 0 saturated heterocycles. The van der Waals surface area contributed by atoms with Gasteiger partial charge in [-0.1, -0.05) is 6.07 Å². The second kappa shape index (κ2) is 3.65. The van der Waals surface area contributed by atoms with Crippen molar-refractivity contribution in [3.05, 3.63) is 35.1 Å². The smallest absolute Gasteiger partial charge is 0.219 e. The van der Waals surface area contributed by atoms with Crippen LogP contribution in [0.15, 0.2) is 18.2 Å². The molecule has 0 aromatic heterocycles. The molecule has 0 spiro atoms. The third-order valence-electron chi connectivity index (χ3n) is 2.96. The molecule has 0 bridgehead atoms. The average Bonchev–Trinajstić information content (AvgIpc) is 2.17. The first-order valence-corrected chi connectivity index (χ1v) is 5.12. The third kappa shape index (κ3) is 1.87. The number of nitrogens with zero attached hydrogens (tertiary/aromatic N) is 1. The van der Waals surface area contributed by atoms with Gasteiger partial charge < -0.3 is 4.90 Å². The fourth-order valence-electron chi connectivity index (χ4n) is 2.13. The van der Waals surface area contributed by atoms with Gasteiger partial charge >= 0.3 is 0 Å². The minimum Gasteiger partial charge on any atom is -0.336 e. The maximum Gasteiger partial charge on any atom is 0.219 e. The van der Waals surface area contributed by atoms with Crippen LogP contribution in [0.5, 0.6) is 0 Å². The van der Waals surface area contributed by atoms with Crippen LogP contribution in [0, 0.1) is 5.82 Å². The van der Waals surface area contributed by atoms with E-state index >= 15 is 0 Å². The van der Waals surface area contributed by atoms with E-state index in [1.54, 1.807) is 11.8 Å². The zero-order chi connectivity index (χ0) is 11.0. The van der Waals surface area contributed by atoms with Gasteiger partial charge in [0.15, 0.2) is 0 Å². The van der Waals surface area contributed by atoms with Crippen molar-refractivity contribution in [1.29, 1.82) is 0 Å². The molecule has 0 aliphatic carbocycles. The molecule has 2 nitrogen and oxygen atoms in total. The Morgan fingerprint density at radius 1 is 1.47 bits per heavy atom. The molecule has 1 aliphatic heterocycles. The molecule has 0 N–H and O–H groups in total. The van der Waals surface area contributed by atoms with Crippen molar-refractivity contribution >= 4 is 5.91 Å². The quantitative estimate of drug-likeness (QED) is 0.638. The van der Waals surface area contributed by atoms with E-state index in [0.717, 1.165) is 17.5 Å². The van der Waals surface area contributed by atoms with Crippen LogP contribution >= 0.6 is 0 Å². The Kier molecular flexibility index (Phi) is 2.47. The molecule has 1 aromatic rings. The molecule has 1 aromatic carbocycles. The highest BCUT2D eigenvalue weighted by Crippen LogP contribution is 2.23. The molecule has 1 aliphatic rings. The molecule has 0 fully saturated rings. The van der Waals surface area contributed by atoms with Crippen LogP contribution in [-0.2, 0) is 17.8 Å². The van der Waals surface area contributed by atoms with Gasteiger partial charge in [-0.25, -0.2) is 4.39 Å². The minimum absolute atomic E-state index is 0.0532. The number of hydrogen-bond acceptors (Lipinski definition) is 1. The predicted octanol–water partition coefficient (Wildman–Crippen LogP) is 2.12. The summed E-state index contributed by atoms with van der Waals surface area (Å²) in [5, 5.41) is 0. The molecule has 1 unspecified atom stereocenters. The normalized spacial score (nSPS) is 19.9. The largest absolute Gasteiger partial charge is 0.336 e. The highest BCUT2D eigenvalue weighted by atomic mass is 19.1. The van der Waals surface area contributed by atoms with Crippen LogP contribution in [-0.4, -0.2) is 16.8 Å². The number of fused-ring (bicyclic) bond motifs is 1. The summed E-state index contributed by atoms with van der Waals surface area (Å²) in [6, 6.07) is 5.03. The number of rotatable bonds is 0. The standard InChI is InChI=1S/C12H14FNO/c1-8-5-10-3-4-12(13)6-11(10)7-14(8)9(2)15/h3-4,6,8H,5,7H2,1-2H3. The lowest BCUT2D eigenvalue weighted by Crippen LogP contribution is -2.41. The summed E-state index contributed by atoms with van der Waals surface area (Å²) in [5.41, 5.74) is 2.09. The van der Waals surface area contributed by atoms with E-state index in [1.807, 2.05) is 13.0 Å². The van der Waals surface area contributed by atoms with Crippen molar-refractivity contribution in [1.82, 2.24) is 4.90 Å². The van der Waals surface area contributed by atoms with Crippen LogP contribution in [0.1, 0.15) is 25.0 Å². The Hall–Kier alpha value is -1.38. The van der Waals surface area contributed by atoms with Crippen LogP contribution in [0.2, 0.25) is 0 Å². The Morgan fingerprint density at radius 3 is 2.87 bits per heavy atom. The molecule has 1 heterocycles. The van der Waals surface area contributed by atoms with Gasteiger partial charge in [-0.3, -0.25) is 4.79 Å². The predicted molar refractivity (Wildman–Crippen MR) is 55.8 cm³/mol. The minimum atomic E-state index is -0.230. The summed E-state index contributed by atoms with van der Waals surface area (Å²) in [6.45, 7) is 4.11. The first kappa shape index (κ1) is 10.1. The number of carbonyl (C=O) groups is 1. The van der Waals surface area contributed by atoms with Gasteiger partial charge in [-0.05, 0) is 36.6 Å². The molecule has 3 heteroatoms. The Bertz CT molecular complexity index is 403. The second-order valence-corrected chi connectivity index (χ2v) is 4.11. The molecule has 1 atom stereocenters. The SMILES string of the molecule is CC(=O)N1Cc2cc(F)ccc2CC1C. The van der Waals surface area contributed by atoms with Crippen LogP contribution in [0.3, 0.4) is 0 Å². The van der Waals surface area contributed by atoms with E-state index in [0.29, 0.717) is 6.54 Å². The van der Waals surface area contributed by atoms with Crippen LogP contribution < -0.4 is 0 Å². The van der Waals surface area contributed by atoms with Gasteiger partial charge in [0.2, 0.25) is 5.91 Å². The molecular formula is C12H14FNO. The Balaban J connectivity index is 2.34. The van der Waals surface area contributed by atoms with Crippen molar-refractivity contribution in [3.63, 3.8) is 0 Å². The summed E-state index contributed by atoms with van der Waals surface area (Å²) in [5.74, 6) is -0.177. The summed E-state index contributed by atoms with van der Waals surface area (Å²) in [4.78, 5) is 13.1. The van der Waals surface area contributed by atoms with E-state index in [-0.39, 0.29) is 17.8 Å². The summed E-state index contributed by atoms with van der Waals surface area (Å²) < 4.78 is 13.0. The fraction of sp³-hybridized carbons (Fsp3) is 0.417. The van der Waals surface area contributed by atoms with Gasteiger partial charge in [0.25, 0.3) is 0 Å². The Morgan fingerprint density at radius 2 is 2.20 bits per heavy atom. The molecule has 80 valence electrons. The Labute approximate surface area is 88.7 Å². The molecule has 2 rings (SSSR count). The summed E-state index contributed by atoms with van der Waals surface area (Å²) in [7, 11) is 0. The molecule has 0 radical (unpaired) electrons. The first-order valence-electron chi connectivity index (χ1n) is 5.12. The van der Waals surface area contributed by atoms with Gasteiger partial charge in [0, 0.05) is 19.5 Å². The number of benzene rings is 1. The zero-order valence-electron chi connectivity index (χ0n) is 8.96. The van der Waals surface area contributed by atoms with Gasteiger partial charge in [0.05, 0.1) is 0 Å². The zero-order valence-corrected chi connectivity index (χ0v) is 8.96. The topological polar surface area (TPSA) is 20.3 Å². The number of halogens is 1. The average molecular weight is 207 g/mol. The van der Waals surface area contributed by atoms with E-state index < -0.39 is 0 Å². The van der Waals surface area contributed by atoms with Crippen molar-refractivity contribution in [2.75, 3.05) is 0 Å². The summed E-state index contributed by atoms with van der Waals surface area (Å²) >= 11 is 0. The van der Waals surface area contributed by atoms with Gasteiger partial charge in [-0.15, -0.1) is 0 Å². The maximum absolute atomic E-state index is 13.0. The first-order chi connectivity index (χ1) is 7.08. The van der Waals surface area contributed by atoms with Crippen molar-refractivity contribution in [2.24, 2.45) is 0 Å². The van der Waals surface area contributed by atoms with Crippen molar-refractivity contribution < 1.29 is 9.18 Å². The maximum atomic E-state index is 13.0. The summed E-state index contributed by atoms with van der Waals surface area (Å²) in [6.07, 6.45) is 0.815. The highest BCUT2D eigenvalue weighted by molar-refractivity contribution is 5.74. The lowest BCUT2D eigenvalue weighted by Gasteiger charge is -2.34. The number of amides is 1. The van der Waals surface area contributed by atoms with Gasteiger partial charge in [-0.2, -0.15) is 0 Å². The van der Waals surface area contributed by atoms with E-state index in [4.69, 9.17) is 0 Å². The van der Waals surface area contributed by atoms with E-state index in [2.05, 4.69) is 0 Å². The molecular weight excluding hydrogens is 193 g/mol. The fourth-order valence-corrected chi connectivity index (χ4v) is 2.13. The van der Waals surface area contributed by atoms with Crippen molar-refractivity contribution in [3.8, 4) is 0 Å². The van der Waals surface area contributed by atoms with E-state index in [9.17, 15) is 9.18 Å². The lowest BCUT2D eigenvalue weighted by atomic mass is 9.95. The monoisotopic (exact) mass is 207 g/mol. The number of hydrogen-bond donors (Lipinski definition) is 0. The molecule has 15 heavy (non-hydrogen) atoms. The van der Waals surface area contributed by atoms with E-state index in [1.165, 1.54) is 12.1 Å².